The van der Waals surface area contributed by atoms with Crippen molar-refractivity contribution in [3.8, 4) is 0 Å². The van der Waals surface area contributed by atoms with Crippen LogP contribution in [-0.4, -0.2) is 17.8 Å². The van der Waals surface area contributed by atoms with E-state index in [4.69, 9.17) is 10.5 Å². The maximum Gasteiger partial charge on any atom is 0.102 e. The average Bonchev–Trinajstić information content (AvgIpc) is 2.46. The number of nitrogens with two attached hydrogens (primary N) is 1. The SMILES string of the molecule is CC1CCCCC1OCC(O)c1ccc(CN)cc1. The minimum absolute atomic E-state index is 0.312. The first-order valence-corrected chi connectivity index (χ1v) is 7.29. The summed E-state index contributed by atoms with van der Waals surface area (Å²) in [5.41, 5.74) is 7.54. The molecule has 3 unspecified atom stereocenters. The van der Waals surface area contributed by atoms with Gasteiger partial charge in [0.15, 0.2) is 0 Å². The van der Waals surface area contributed by atoms with Crippen LogP contribution in [0.5, 0.6) is 0 Å². The summed E-state index contributed by atoms with van der Waals surface area (Å²) in [6.07, 6.45) is 4.69. The van der Waals surface area contributed by atoms with Gasteiger partial charge >= 0.3 is 0 Å². The van der Waals surface area contributed by atoms with Gasteiger partial charge in [-0.2, -0.15) is 0 Å². The van der Waals surface area contributed by atoms with Gasteiger partial charge in [0, 0.05) is 6.54 Å². The number of benzene rings is 1. The Bertz CT molecular complexity index is 377. The number of ether oxygens (including phenoxy) is 1. The van der Waals surface area contributed by atoms with Crippen LogP contribution in [-0.2, 0) is 11.3 Å². The number of aliphatic hydroxyl groups excluding tert-OH is 1. The molecule has 0 heterocycles. The summed E-state index contributed by atoms with van der Waals surface area (Å²) in [6.45, 7) is 3.16. The highest BCUT2D eigenvalue weighted by atomic mass is 16.5. The Morgan fingerprint density at radius 2 is 1.95 bits per heavy atom. The summed E-state index contributed by atoms with van der Waals surface area (Å²) in [4.78, 5) is 0. The van der Waals surface area contributed by atoms with E-state index in [0.717, 1.165) is 17.5 Å². The second kappa shape index (κ2) is 7.04. The van der Waals surface area contributed by atoms with Crippen LogP contribution in [0.2, 0.25) is 0 Å². The number of rotatable bonds is 5. The second-order valence-corrected chi connectivity index (χ2v) is 5.60. The Kier molecular flexibility index (Phi) is 5.37. The maximum absolute atomic E-state index is 10.1. The molecule has 3 heteroatoms. The lowest BCUT2D eigenvalue weighted by Crippen LogP contribution is -2.27. The highest BCUT2D eigenvalue weighted by Crippen LogP contribution is 2.27. The summed E-state index contributed by atoms with van der Waals surface area (Å²) in [5.74, 6) is 0.612. The fourth-order valence-electron chi connectivity index (χ4n) is 2.72. The Hall–Kier alpha value is -0.900. The zero-order valence-corrected chi connectivity index (χ0v) is 11.7. The van der Waals surface area contributed by atoms with Gasteiger partial charge in [-0.25, -0.2) is 0 Å². The highest BCUT2D eigenvalue weighted by Gasteiger charge is 2.22. The maximum atomic E-state index is 10.1. The molecule has 0 saturated heterocycles. The molecule has 106 valence electrons. The van der Waals surface area contributed by atoms with Crippen molar-refractivity contribution in [2.75, 3.05) is 6.61 Å². The van der Waals surface area contributed by atoms with E-state index >= 15 is 0 Å². The molecule has 0 amide bonds. The van der Waals surface area contributed by atoms with Crippen molar-refractivity contribution >= 4 is 0 Å². The van der Waals surface area contributed by atoms with Crippen LogP contribution < -0.4 is 5.73 Å². The zero-order chi connectivity index (χ0) is 13.7. The Morgan fingerprint density at radius 1 is 1.26 bits per heavy atom. The third-order valence-electron chi connectivity index (χ3n) is 4.10. The number of hydrogen-bond acceptors (Lipinski definition) is 3. The van der Waals surface area contributed by atoms with Gasteiger partial charge in [-0.15, -0.1) is 0 Å². The van der Waals surface area contributed by atoms with Crippen LogP contribution in [0.4, 0.5) is 0 Å². The van der Waals surface area contributed by atoms with Gasteiger partial charge < -0.3 is 15.6 Å². The van der Waals surface area contributed by atoms with Crippen molar-refractivity contribution in [3.05, 3.63) is 35.4 Å². The van der Waals surface area contributed by atoms with E-state index in [0.29, 0.717) is 25.2 Å². The van der Waals surface area contributed by atoms with Gasteiger partial charge in [0.1, 0.15) is 6.10 Å². The lowest BCUT2D eigenvalue weighted by atomic mass is 9.88. The number of hydrogen-bond donors (Lipinski definition) is 2. The van der Waals surface area contributed by atoms with Gasteiger partial charge in [-0.05, 0) is 29.9 Å². The van der Waals surface area contributed by atoms with Crippen LogP contribution in [0.3, 0.4) is 0 Å². The second-order valence-electron chi connectivity index (χ2n) is 5.60. The van der Waals surface area contributed by atoms with Crippen molar-refractivity contribution in [1.29, 1.82) is 0 Å². The number of aliphatic hydroxyl groups is 1. The smallest absolute Gasteiger partial charge is 0.102 e. The van der Waals surface area contributed by atoms with Gasteiger partial charge in [0.25, 0.3) is 0 Å². The molecule has 0 aliphatic heterocycles. The summed E-state index contributed by atoms with van der Waals surface area (Å²) < 4.78 is 5.89. The molecule has 0 bridgehead atoms. The first kappa shape index (κ1) is 14.5. The molecule has 1 saturated carbocycles. The molecule has 1 fully saturated rings. The molecule has 1 aliphatic rings. The molecule has 1 aromatic rings. The van der Waals surface area contributed by atoms with Crippen LogP contribution in [0, 0.1) is 5.92 Å². The fourth-order valence-corrected chi connectivity index (χ4v) is 2.72. The normalized spacial score (nSPS) is 25.2. The summed E-state index contributed by atoms with van der Waals surface area (Å²) in [7, 11) is 0. The molecule has 3 N–H and O–H groups in total. The molecule has 0 spiro atoms. The third-order valence-corrected chi connectivity index (χ3v) is 4.10. The molecule has 0 aromatic heterocycles. The van der Waals surface area contributed by atoms with Crippen LogP contribution in [0.15, 0.2) is 24.3 Å². The molecular formula is C16H25NO2. The van der Waals surface area contributed by atoms with E-state index in [-0.39, 0.29) is 0 Å². The van der Waals surface area contributed by atoms with Crippen molar-refractivity contribution in [2.24, 2.45) is 11.7 Å². The van der Waals surface area contributed by atoms with E-state index in [1.807, 2.05) is 24.3 Å². The molecular weight excluding hydrogens is 238 g/mol. The van der Waals surface area contributed by atoms with Crippen LogP contribution in [0.25, 0.3) is 0 Å². The summed E-state index contributed by atoms with van der Waals surface area (Å²) >= 11 is 0. The molecule has 2 rings (SSSR count). The Labute approximate surface area is 115 Å². The molecule has 1 aromatic carbocycles. The van der Waals surface area contributed by atoms with Crippen molar-refractivity contribution in [3.63, 3.8) is 0 Å². The van der Waals surface area contributed by atoms with Crippen molar-refractivity contribution in [1.82, 2.24) is 0 Å². The first-order valence-electron chi connectivity index (χ1n) is 7.29. The van der Waals surface area contributed by atoms with Gasteiger partial charge in [0.2, 0.25) is 0 Å². The molecule has 1 aliphatic carbocycles. The average molecular weight is 263 g/mol. The van der Waals surface area contributed by atoms with Crippen LogP contribution >= 0.6 is 0 Å². The Morgan fingerprint density at radius 3 is 2.58 bits per heavy atom. The standard InChI is InChI=1S/C16H25NO2/c1-12-4-2-3-5-16(12)19-11-15(18)14-8-6-13(10-17)7-9-14/h6-9,12,15-16,18H,2-5,10-11,17H2,1H3. The van der Waals surface area contributed by atoms with E-state index in [2.05, 4.69) is 6.92 Å². The van der Waals surface area contributed by atoms with Gasteiger partial charge in [-0.1, -0.05) is 44.0 Å². The predicted octanol–water partition coefficient (Wildman–Crippen LogP) is 2.77. The van der Waals surface area contributed by atoms with Gasteiger partial charge in [-0.3, -0.25) is 0 Å². The summed E-state index contributed by atoms with van der Waals surface area (Å²) in [5, 5.41) is 10.1. The van der Waals surface area contributed by atoms with Crippen molar-refractivity contribution < 1.29 is 9.84 Å². The largest absolute Gasteiger partial charge is 0.386 e. The van der Waals surface area contributed by atoms with Crippen molar-refractivity contribution in [2.45, 2.75) is 51.4 Å². The van der Waals surface area contributed by atoms with E-state index in [9.17, 15) is 5.11 Å². The zero-order valence-electron chi connectivity index (χ0n) is 11.7. The van der Waals surface area contributed by atoms with E-state index < -0.39 is 6.10 Å². The molecule has 0 radical (unpaired) electrons. The predicted molar refractivity (Wildman–Crippen MR) is 76.7 cm³/mol. The first-order chi connectivity index (χ1) is 9.20. The molecule has 3 nitrogen and oxygen atoms in total. The van der Waals surface area contributed by atoms with Gasteiger partial charge in [0.05, 0.1) is 12.7 Å². The lowest BCUT2D eigenvalue weighted by Gasteiger charge is -2.29. The lowest BCUT2D eigenvalue weighted by molar-refractivity contribution is -0.0467. The topological polar surface area (TPSA) is 55.5 Å². The van der Waals surface area contributed by atoms with E-state index in [1.165, 1.54) is 19.3 Å². The molecule has 3 atom stereocenters. The molecule has 19 heavy (non-hydrogen) atoms. The highest BCUT2D eigenvalue weighted by molar-refractivity contribution is 5.24. The minimum atomic E-state index is -0.541. The monoisotopic (exact) mass is 263 g/mol. The van der Waals surface area contributed by atoms with E-state index in [1.54, 1.807) is 0 Å². The quantitative estimate of drug-likeness (QED) is 0.859. The fraction of sp³-hybridized carbons (Fsp3) is 0.625. The summed E-state index contributed by atoms with van der Waals surface area (Å²) in [6, 6.07) is 7.78. The Balaban J connectivity index is 1.84. The third kappa shape index (κ3) is 4.03. The minimum Gasteiger partial charge on any atom is -0.386 e. The van der Waals surface area contributed by atoms with Crippen LogP contribution in [0.1, 0.15) is 49.8 Å².